The lowest BCUT2D eigenvalue weighted by Gasteiger charge is -2.44. The van der Waals surface area contributed by atoms with Gasteiger partial charge in [0.1, 0.15) is 11.6 Å². The van der Waals surface area contributed by atoms with Crippen LogP contribution in [0.3, 0.4) is 0 Å². The van der Waals surface area contributed by atoms with Gasteiger partial charge in [0.2, 0.25) is 10.0 Å². The molecule has 0 N–H and O–H groups in total. The highest BCUT2D eigenvalue weighted by Crippen LogP contribution is 2.34. The van der Waals surface area contributed by atoms with E-state index in [2.05, 4.69) is 0 Å². The standard InChI is InChI=1S/C19H21F2NO3S/c1-19(2)13-25-18(16-5-3-4-6-17(16)21)11-22(19)26(23,24)12-14-7-9-15(20)10-8-14/h3-10,18H,11-13H2,1-2H3. The maximum Gasteiger partial charge on any atom is 0.218 e. The molecule has 1 saturated heterocycles. The smallest absolute Gasteiger partial charge is 0.218 e. The van der Waals surface area contributed by atoms with Gasteiger partial charge in [-0.25, -0.2) is 17.2 Å². The third kappa shape index (κ3) is 3.95. The molecule has 0 saturated carbocycles. The lowest BCUT2D eigenvalue weighted by molar-refractivity contribution is -0.0668. The average Bonchev–Trinajstić information content (AvgIpc) is 2.57. The number of rotatable bonds is 4. The van der Waals surface area contributed by atoms with Crippen LogP contribution in [0.1, 0.15) is 31.1 Å². The Morgan fingerprint density at radius 2 is 1.77 bits per heavy atom. The second kappa shape index (κ2) is 7.06. The molecule has 0 aromatic heterocycles. The van der Waals surface area contributed by atoms with Crippen molar-refractivity contribution in [3.63, 3.8) is 0 Å². The Morgan fingerprint density at radius 1 is 1.12 bits per heavy atom. The fourth-order valence-electron chi connectivity index (χ4n) is 3.11. The first kappa shape index (κ1) is 18.9. The molecule has 0 radical (unpaired) electrons. The highest BCUT2D eigenvalue weighted by Gasteiger charge is 2.43. The zero-order valence-electron chi connectivity index (χ0n) is 14.7. The molecule has 2 aromatic carbocycles. The zero-order chi connectivity index (χ0) is 18.9. The number of nitrogens with zero attached hydrogens (tertiary/aromatic N) is 1. The number of morpholine rings is 1. The normalized spacial score (nSPS) is 20.8. The maximum absolute atomic E-state index is 14.1. The Balaban J connectivity index is 1.87. The predicted molar refractivity (Wildman–Crippen MR) is 94.9 cm³/mol. The molecule has 7 heteroatoms. The molecule has 140 valence electrons. The van der Waals surface area contributed by atoms with Crippen LogP contribution in [-0.4, -0.2) is 31.4 Å². The molecule has 1 atom stereocenters. The highest BCUT2D eigenvalue weighted by molar-refractivity contribution is 7.88. The molecule has 2 aromatic rings. The zero-order valence-corrected chi connectivity index (χ0v) is 15.5. The molecule has 0 bridgehead atoms. The Hall–Kier alpha value is -1.83. The van der Waals surface area contributed by atoms with Crippen molar-refractivity contribution >= 4 is 10.0 Å². The third-order valence-corrected chi connectivity index (χ3v) is 6.51. The first-order valence-corrected chi connectivity index (χ1v) is 9.91. The Morgan fingerprint density at radius 3 is 2.42 bits per heavy atom. The molecule has 1 heterocycles. The number of hydrogen-bond donors (Lipinski definition) is 0. The van der Waals surface area contributed by atoms with E-state index in [1.807, 2.05) is 0 Å². The van der Waals surface area contributed by atoms with Crippen molar-refractivity contribution in [2.45, 2.75) is 31.2 Å². The fourth-order valence-corrected chi connectivity index (χ4v) is 5.05. The second-order valence-electron chi connectivity index (χ2n) is 7.05. The summed E-state index contributed by atoms with van der Waals surface area (Å²) in [5, 5.41) is 0. The number of halogens is 2. The van der Waals surface area contributed by atoms with Crippen molar-refractivity contribution in [1.82, 2.24) is 4.31 Å². The SMILES string of the molecule is CC1(C)COC(c2ccccc2F)CN1S(=O)(=O)Cc1ccc(F)cc1. The second-order valence-corrected chi connectivity index (χ2v) is 8.94. The summed E-state index contributed by atoms with van der Waals surface area (Å²) >= 11 is 0. The lowest BCUT2D eigenvalue weighted by atomic mass is 10.0. The number of ether oxygens (including phenoxy) is 1. The van der Waals surface area contributed by atoms with Gasteiger partial charge < -0.3 is 4.74 Å². The van der Waals surface area contributed by atoms with Gasteiger partial charge in [0.25, 0.3) is 0 Å². The molecule has 1 unspecified atom stereocenters. The van der Waals surface area contributed by atoms with Crippen LogP contribution in [0.4, 0.5) is 8.78 Å². The first-order chi connectivity index (χ1) is 12.2. The largest absolute Gasteiger partial charge is 0.370 e. The summed E-state index contributed by atoms with van der Waals surface area (Å²) < 4.78 is 60.3. The molecule has 1 fully saturated rings. The van der Waals surface area contributed by atoms with Crippen LogP contribution in [0, 0.1) is 11.6 Å². The van der Waals surface area contributed by atoms with E-state index in [4.69, 9.17) is 4.74 Å². The molecule has 0 spiro atoms. The van der Waals surface area contributed by atoms with Crippen LogP contribution in [0.2, 0.25) is 0 Å². The van der Waals surface area contributed by atoms with Crippen molar-refractivity contribution < 1.29 is 21.9 Å². The van der Waals surface area contributed by atoms with E-state index in [0.29, 0.717) is 11.1 Å². The summed E-state index contributed by atoms with van der Waals surface area (Å²) in [6.45, 7) is 3.71. The van der Waals surface area contributed by atoms with E-state index in [1.54, 1.807) is 32.0 Å². The number of sulfonamides is 1. The van der Waals surface area contributed by atoms with Crippen LogP contribution in [0.25, 0.3) is 0 Å². The summed E-state index contributed by atoms with van der Waals surface area (Å²) in [6.07, 6.45) is -0.674. The molecule has 1 aliphatic rings. The minimum Gasteiger partial charge on any atom is -0.370 e. The summed E-state index contributed by atoms with van der Waals surface area (Å²) in [4.78, 5) is 0. The van der Waals surface area contributed by atoms with Gasteiger partial charge in [0.05, 0.1) is 24.0 Å². The van der Waals surface area contributed by atoms with Gasteiger partial charge in [-0.15, -0.1) is 0 Å². The maximum atomic E-state index is 14.1. The molecule has 26 heavy (non-hydrogen) atoms. The van der Waals surface area contributed by atoms with E-state index < -0.39 is 33.3 Å². The molecule has 4 nitrogen and oxygen atoms in total. The fraction of sp³-hybridized carbons (Fsp3) is 0.368. The quantitative estimate of drug-likeness (QED) is 0.812. The van der Waals surface area contributed by atoms with E-state index in [0.717, 1.165) is 0 Å². The van der Waals surface area contributed by atoms with E-state index in [1.165, 1.54) is 34.6 Å². The van der Waals surface area contributed by atoms with Crippen molar-refractivity contribution in [3.05, 3.63) is 71.3 Å². The molecule has 1 aliphatic heterocycles. The summed E-state index contributed by atoms with van der Waals surface area (Å²) in [5.41, 5.74) is 0.0711. The Kier molecular flexibility index (Phi) is 5.14. The van der Waals surface area contributed by atoms with Crippen LogP contribution in [0.5, 0.6) is 0 Å². The topological polar surface area (TPSA) is 46.6 Å². The number of benzene rings is 2. The summed E-state index contributed by atoms with van der Waals surface area (Å²) in [7, 11) is -3.70. The van der Waals surface area contributed by atoms with Crippen molar-refractivity contribution in [1.29, 1.82) is 0 Å². The lowest BCUT2D eigenvalue weighted by Crippen LogP contribution is -2.56. The number of hydrogen-bond acceptors (Lipinski definition) is 3. The van der Waals surface area contributed by atoms with Gasteiger partial charge in [-0.3, -0.25) is 0 Å². The Bertz CT molecular complexity index is 882. The van der Waals surface area contributed by atoms with Crippen molar-refractivity contribution in [2.75, 3.05) is 13.2 Å². The van der Waals surface area contributed by atoms with Gasteiger partial charge in [-0.1, -0.05) is 30.3 Å². The van der Waals surface area contributed by atoms with Crippen LogP contribution < -0.4 is 0 Å². The molecule has 0 amide bonds. The minimum absolute atomic E-state index is 0.0253. The van der Waals surface area contributed by atoms with Gasteiger partial charge in [-0.2, -0.15) is 4.31 Å². The van der Waals surface area contributed by atoms with Crippen molar-refractivity contribution in [3.8, 4) is 0 Å². The highest BCUT2D eigenvalue weighted by atomic mass is 32.2. The van der Waals surface area contributed by atoms with Crippen LogP contribution in [-0.2, 0) is 20.5 Å². The van der Waals surface area contributed by atoms with Gasteiger partial charge >= 0.3 is 0 Å². The van der Waals surface area contributed by atoms with Crippen LogP contribution in [0.15, 0.2) is 48.5 Å². The average molecular weight is 381 g/mol. The van der Waals surface area contributed by atoms with E-state index >= 15 is 0 Å². The first-order valence-electron chi connectivity index (χ1n) is 8.30. The van der Waals surface area contributed by atoms with Gasteiger partial charge in [0, 0.05) is 12.1 Å². The van der Waals surface area contributed by atoms with E-state index in [-0.39, 0.29) is 18.9 Å². The molecular formula is C19H21F2NO3S. The van der Waals surface area contributed by atoms with Crippen molar-refractivity contribution in [2.24, 2.45) is 0 Å². The van der Waals surface area contributed by atoms with E-state index in [9.17, 15) is 17.2 Å². The van der Waals surface area contributed by atoms with Crippen LogP contribution >= 0.6 is 0 Å². The molecular weight excluding hydrogens is 360 g/mol. The van der Waals surface area contributed by atoms with Gasteiger partial charge in [-0.05, 0) is 37.6 Å². The monoisotopic (exact) mass is 381 g/mol. The van der Waals surface area contributed by atoms with Gasteiger partial charge in [0.15, 0.2) is 0 Å². The summed E-state index contributed by atoms with van der Waals surface area (Å²) in [5.74, 6) is -1.09. The summed E-state index contributed by atoms with van der Waals surface area (Å²) in [6, 6.07) is 11.6. The Labute approximate surface area is 152 Å². The molecule has 3 rings (SSSR count). The minimum atomic E-state index is -3.70. The third-order valence-electron chi connectivity index (χ3n) is 4.49. The molecule has 0 aliphatic carbocycles. The predicted octanol–water partition coefficient (Wildman–Crippen LogP) is 3.65.